The summed E-state index contributed by atoms with van der Waals surface area (Å²) < 4.78 is 5.38. The second-order valence-electron chi connectivity index (χ2n) is 7.34. The molecule has 2 rings (SSSR count). The van der Waals surface area contributed by atoms with Crippen LogP contribution in [0.3, 0.4) is 0 Å². The molecule has 0 aliphatic carbocycles. The van der Waals surface area contributed by atoms with Crippen molar-refractivity contribution in [3.8, 4) is 0 Å². The molecule has 2 aliphatic rings. The lowest BCUT2D eigenvalue weighted by Crippen LogP contribution is -2.58. The number of carbonyl (C=O) groups excluding carboxylic acids is 1. The number of rotatable bonds is 1. The highest BCUT2D eigenvalue weighted by atomic mass is 16.6. The molecule has 6 heteroatoms. The van der Waals surface area contributed by atoms with Gasteiger partial charge in [0.2, 0.25) is 0 Å². The van der Waals surface area contributed by atoms with E-state index in [1.165, 1.54) is 0 Å². The molecule has 1 spiro atoms. The summed E-state index contributed by atoms with van der Waals surface area (Å²) in [4.78, 5) is 25.5. The molecule has 2 saturated heterocycles. The number of ether oxygens (including phenoxy) is 1. The van der Waals surface area contributed by atoms with Gasteiger partial charge in [0.15, 0.2) is 0 Å². The first-order valence-corrected chi connectivity index (χ1v) is 7.57. The summed E-state index contributed by atoms with van der Waals surface area (Å²) in [6.45, 7) is 9.84. The fourth-order valence-electron chi connectivity index (χ4n) is 3.58. The van der Waals surface area contributed by atoms with E-state index in [0.717, 1.165) is 13.0 Å². The van der Waals surface area contributed by atoms with Crippen molar-refractivity contribution >= 4 is 12.1 Å². The Morgan fingerprint density at radius 2 is 2.00 bits per heavy atom. The van der Waals surface area contributed by atoms with Crippen LogP contribution in [0.15, 0.2) is 0 Å². The summed E-state index contributed by atoms with van der Waals surface area (Å²) in [5.74, 6) is -1.22. The third kappa shape index (κ3) is 3.15. The number of amides is 1. The highest BCUT2D eigenvalue weighted by Crippen LogP contribution is 2.45. The molecular formula is C15H26N2O4. The second kappa shape index (κ2) is 5.48. The van der Waals surface area contributed by atoms with Crippen LogP contribution in [0.5, 0.6) is 0 Å². The predicted molar refractivity (Wildman–Crippen MR) is 78.0 cm³/mol. The quantitative estimate of drug-likeness (QED) is 0.768. The zero-order valence-electron chi connectivity index (χ0n) is 13.3. The molecule has 0 bridgehead atoms. The molecule has 2 fully saturated rings. The summed E-state index contributed by atoms with van der Waals surface area (Å²) >= 11 is 0. The molecule has 1 amide bonds. The van der Waals surface area contributed by atoms with Crippen molar-refractivity contribution in [2.75, 3.05) is 26.2 Å². The normalized spacial score (nSPS) is 33.2. The summed E-state index contributed by atoms with van der Waals surface area (Å²) in [5.41, 5.74) is -0.812. The highest BCUT2D eigenvalue weighted by molar-refractivity contribution is 5.74. The number of nitrogens with zero attached hydrogens (tertiary/aromatic N) is 1. The van der Waals surface area contributed by atoms with Gasteiger partial charge in [-0.1, -0.05) is 6.92 Å². The van der Waals surface area contributed by atoms with E-state index in [-0.39, 0.29) is 17.9 Å². The Hall–Kier alpha value is -1.30. The van der Waals surface area contributed by atoms with E-state index in [0.29, 0.717) is 13.1 Å². The van der Waals surface area contributed by atoms with Crippen LogP contribution < -0.4 is 5.32 Å². The Kier molecular flexibility index (Phi) is 4.19. The lowest BCUT2D eigenvalue weighted by Gasteiger charge is -2.48. The maximum Gasteiger partial charge on any atom is 0.410 e. The van der Waals surface area contributed by atoms with Crippen molar-refractivity contribution in [1.29, 1.82) is 0 Å². The van der Waals surface area contributed by atoms with Gasteiger partial charge in [-0.15, -0.1) is 0 Å². The van der Waals surface area contributed by atoms with Crippen LogP contribution in [0.2, 0.25) is 0 Å². The van der Waals surface area contributed by atoms with Crippen LogP contribution in [0, 0.1) is 17.3 Å². The monoisotopic (exact) mass is 298 g/mol. The summed E-state index contributed by atoms with van der Waals surface area (Å²) in [6.07, 6.45) is 0.439. The molecule has 0 saturated carbocycles. The largest absolute Gasteiger partial charge is 0.481 e. The Labute approximate surface area is 125 Å². The van der Waals surface area contributed by atoms with Gasteiger partial charge >= 0.3 is 12.1 Å². The van der Waals surface area contributed by atoms with Crippen molar-refractivity contribution in [2.45, 2.75) is 39.7 Å². The first-order valence-electron chi connectivity index (χ1n) is 7.57. The number of nitrogens with one attached hydrogen (secondary N) is 1. The van der Waals surface area contributed by atoms with E-state index >= 15 is 0 Å². The van der Waals surface area contributed by atoms with E-state index in [2.05, 4.69) is 5.32 Å². The van der Waals surface area contributed by atoms with Crippen LogP contribution >= 0.6 is 0 Å². The predicted octanol–water partition coefficient (Wildman–Crippen LogP) is 1.55. The van der Waals surface area contributed by atoms with Crippen molar-refractivity contribution < 1.29 is 19.4 Å². The Bertz CT molecular complexity index is 424. The molecule has 2 heterocycles. The van der Waals surface area contributed by atoms with Gasteiger partial charge in [-0.3, -0.25) is 4.79 Å². The Morgan fingerprint density at radius 3 is 2.48 bits per heavy atom. The summed E-state index contributed by atoms with van der Waals surface area (Å²) in [7, 11) is 0. The topological polar surface area (TPSA) is 78.9 Å². The first-order chi connectivity index (χ1) is 9.66. The van der Waals surface area contributed by atoms with Crippen LogP contribution in [0.4, 0.5) is 4.79 Å². The summed E-state index contributed by atoms with van der Waals surface area (Å²) in [5, 5.41) is 12.9. The number of carbonyl (C=O) groups is 2. The number of aliphatic carboxylic acids is 1. The average molecular weight is 298 g/mol. The molecule has 0 aromatic heterocycles. The number of carboxylic acids is 1. The fraction of sp³-hybridized carbons (Fsp3) is 0.867. The summed E-state index contributed by atoms with van der Waals surface area (Å²) in [6, 6.07) is 0. The first kappa shape index (κ1) is 16.1. The zero-order chi connectivity index (χ0) is 15.8. The standard InChI is InChI=1S/C15H26N2O4/c1-10-7-17(13(20)21-14(2,3)4)8-11(12(18)19)15(10)5-6-16-9-15/h10-11,16H,5-9H2,1-4H3,(H,18,19). The number of likely N-dealkylation sites (tertiary alicyclic amines) is 1. The molecule has 120 valence electrons. The van der Waals surface area contributed by atoms with Gasteiger partial charge in [-0.05, 0) is 39.7 Å². The van der Waals surface area contributed by atoms with Crippen molar-refractivity contribution in [2.24, 2.45) is 17.3 Å². The van der Waals surface area contributed by atoms with E-state index in [9.17, 15) is 14.7 Å². The molecule has 2 N–H and O–H groups in total. The lowest BCUT2D eigenvalue weighted by atomic mass is 9.64. The van der Waals surface area contributed by atoms with Gasteiger partial charge in [0, 0.05) is 25.0 Å². The smallest absolute Gasteiger partial charge is 0.410 e. The van der Waals surface area contributed by atoms with Gasteiger partial charge in [0.25, 0.3) is 0 Å². The molecule has 6 nitrogen and oxygen atoms in total. The lowest BCUT2D eigenvalue weighted by molar-refractivity contribution is -0.152. The molecule has 0 aromatic rings. The third-order valence-corrected chi connectivity index (χ3v) is 4.74. The molecule has 0 radical (unpaired) electrons. The van der Waals surface area contributed by atoms with Crippen molar-refractivity contribution in [3.63, 3.8) is 0 Å². The molecule has 0 aromatic carbocycles. The molecule has 3 unspecified atom stereocenters. The molecule has 3 atom stereocenters. The maximum absolute atomic E-state index is 12.2. The van der Waals surface area contributed by atoms with E-state index in [4.69, 9.17) is 4.74 Å². The zero-order valence-corrected chi connectivity index (χ0v) is 13.3. The highest BCUT2D eigenvalue weighted by Gasteiger charge is 2.53. The van der Waals surface area contributed by atoms with Gasteiger partial charge in [0.1, 0.15) is 5.60 Å². The second-order valence-corrected chi connectivity index (χ2v) is 7.34. The van der Waals surface area contributed by atoms with Gasteiger partial charge in [-0.2, -0.15) is 0 Å². The SMILES string of the molecule is CC1CN(C(=O)OC(C)(C)C)CC(C(=O)O)C12CCNC2. The van der Waals surface area contributed by atoms with Gasteiger partial charge < -0.3 is 20.1 Å². The van der Waals surface area contributed by atoms with Crippen LogP contribution in [-0.2, 0) is 9.53 Å². The average Bonchev–Trinajstić information content (AvgIpc) is 2.80. The number of piperidine rings is 1. The van der Waals surface area contributed by atoms with E-state index in [1.54, 1.807) is 4.90 Å². The van der Waals surface area contributed by atoms with Crippen molar-refractivity contribution in [3.05, 3.63) is 0 Å². The van der Waals surface area contributed by atoms with Crippen LogP contribution in [0.1, 0.15) is 34.1 Å². The maximum atomic E-state index is 12.2. The minimum Gasteiger partial charge on any atom is -0.481 e. The Balaban J connectivity index is 2.16. The number of carboxylic acid groups (broad SMARTS) is 1. The van der Waals surface area contributed by atoms with Crippen LogP contribution in [0.25, 0.3) is 0 Å². The Morgan fingerprint density at radius 1 is 1.33 bits per heavy atom. The van der Waals surface area contributed by atoms with Crippen LogP contribution in [-0.4, -0.2) is 53.8 Å². The fourth-order valence-corrected chi connectivity index (χ4v) is 3.58. The minimum absolute atomic E-state index is 0.134. The molecule has 2 aliphatic heterocycles. The van der Waals surface area contributed by atoms with Crippen molar-refractivity contribution in [1.82, 2.24) is 10.2 Å². The van der Waals surface area contributed by atoms with Gasteiger partial charge in [-0.25, -0.2) is 4.79 Å². The number of hydrogen-bond acceptors (Lipinski definition) is 4. The minimum atomic E-state index is -0.821. The molecule has 21 heavy (non-hydrogen) atoms. The molecular weight excluding hydrogens is 272 g/mol. The third-order valence-electron chi connectivity index (χ3n) is 4.74. The van der Waals surface area contributed by atoms with E-state index in [1.807, 2.05) is 27.7 Å². The number of hydrogen-bond donors (Lipinski definition) is 2. The van der Waals surface area contributed by atoms with Gasteiger partial charge in [0.05, 0.1) is 5.92 Å². The van der Waals surface area contributed by atoms with E-state index < -0.39 is 23.6 Å².